The number of carbonyl (C=O) groups is 1. The lowest BCUT2D eigenvalue weighted by Crippen LogP contribution is -2.29. The number of amides is 1. The van der Waals surface area contributed by atoms with Gasteiger partial charge in [-0.3, -0.25) is 9.78 Å². The predicted molar refractivity (Wildman–Crippen MR) is 135 cm³/mol. The first kappa shape index (κ1) is 22.2. The Morgan fingerprint density at radius 3 is 2.71 bits per heavy atom. The monoisotopic (exact) mass is 534 g/mol. The Kier molecular flexibility index (Phi) is 6.62. The number of carbonyl (C=O) groups excluding carboxylic acids is 1. The van der Waals surface area contributed by atoms with Crippen LogP contribution in [-0.4, -0.2) is 16.0 Å². The Balaban J connectivity index is 1.73. The third kappa shape index (κ3) is 4.62. The van der Waals surface area contributed by atoms with Crippen molar-refractivity contribution in [3.63, 3.8) is 0 Å². The van der Waals surface area contributed by atoms with Gasteiger partial charge >= 0.3 is 0 Å². The van der Waals surface area contributed by atoms with Crippen molar-refractivity contribution in [2.45, 2.75) is 25.9 Å². The molecule has 2 aromatic heterocycles. The van der Waals surface area contributed by atoms with Crippen LogP contribution in [0.2, 0.25) is 5.02 Å². The number of halogens is 2. The van der Waals surface area contributed by atoms with Gasteiger partial charge in [-0.2, -0.15) is 0 Å². The second kappa shape index (κ2) is 9.24. The predicted octanol–water partition coefficient (Wildman–Crippen LogP) is 6.33. The number of pyridine rings is 1. The summed E-state index contributed by atoms with van der Waals surface area (Å²) in [5, 5.41) is 7.36. The first-order chi connectivity index (χ1) is 14.8. The van der Waals surface area contributed by atoms with Gasteiger partial charge in [0.15, 0.2) is 5.11 Å². The van der Waals surface area contributed by atoms with Gasteiger partial charge in [-0.25, -0.2) is 0 Å². The molecule has 2 atom stereocenters. The number of nitrogens with one attached hydrogen (secondary N) is 2. The van der Waals surface area contributed by atoms with E-state index in [1.165, 1.54) is 0 Å². The first-order valence-electron chi connectivity index (χ1n) is 9.71. The molecule has 1 aromatic carbocycles. The largest absolute Gasteiger partial charge is 0.351 e. The molecule has 31 heavy (non-hydrogen) atoms. The molecule has 2 N–H and O–H groups in total. The Bertz CT molecular complexity index is 1120. The molecule has 5 nitrogen and oxygen atoms in total. The fourth-order valence-electron chi connectivity index (χ4n) is 3.44. The standard InChI is InChI=1S/C22H20BrClN4OS2/c1-12(2)21(29)26-15-7-6-13(11-14(15)24)28-20(17-8-9-18(23)31-17)19(27-22(28)30)16-5-3-4-10-25-16/h3-12,19-20H,1-2H3,(H,26,29)(H,27,30). The third-order valence-corrected chi connectivity index (χ3v) is 7.32. The van der Waals surface area contributed by atoms with E-state index in [0.29, 0.717) is 15.8 Å². The minimum atomic E-state index is -0.133. The van der Waals surface area contributed by atoms with Crippen LogP contribution in [0, 0.1) is 5.92 Å². The molecule has 0 radical (unpaired) electrons. The number of aromatic nitrogens is 1. The van der Waals surface area contributed by atoms with Crippen LogP contribution in [0.1, 0.15) is 36.5 Å². The summed E-state index contributed by atoms with van der Waals surface area (Å²) in [6.07, 6.45) is 1.78. The number of benzene rings is 1. The molecule has 0 spiro atoms. The highest BCUT2D eigenvalue weighted by Crippen LogP contribution is 2.45. The van der Waals surface area contributed by atoms with E-state index >= 15 is 0 Å². The van der Waals surface area contributed by atoms with Crippen molar-refractivity contribution in [1.29, 1.82) is 0 Å². The molecule has 3 heterocycles. The summed E-state index contributed by atoms with van der Waals surface area (Å²) in [6, 6.07) is 15.4. The van der Waals surface area contributed by atoms with Crippen LogP contribution >= 0.6 is 51.1 Å². The second-order valence-corrected chi connectivity index (χ2v) is 10.7. The molecule has 2 unspecified atom stereocenters. The molecule has 0 bridgehead atoms. The lowest BCUT2D eigenvalue weighted by atomic mass is 10.0. The van der Waals surface area contributed by atoms with Crippen molar-refractivity contribution < 1.29 is 4.79 Å². The lowest BCUT2D eigenvalue weighted by molar-refractivity contribution is -0.118. The highest BCUT2D eigenvalue weighted by Gasteiger charge is 2.41. The van der Waals surface area contributed by atoms with Crippen LogP contribution in [0.25, 0.3) is 0 Å². The number of hydrogen-bond donors (Lipinski definition) is 2. The fourth-order valence-corrected chi connectivity index (χ4v) is 5.56. The van der Waals surface area contributed by atoms with E-state index in [0.717, 1.165) is 20.0 Å². The van der Waals surface area contributed by atoms with E-state index in [2.05, 4.69) is 42.5 Å². The molecule has 1 saturated heterocycles. The van der Waals surface area contributed by atoms with E-state index in [4.69, 9.17) is 23.8 Å². The molecular weight excluding hydrogens is 516 g/mol. The Morgan fingerprint density at radius 2 is 2.10 bits per heavy atom. The SMILES string of the molecule is CC(C)C(=O)Nc1ccc(N2C(=S)NC(c3ccccn3)C2c2ccc(Br)s2)cc1Cl. The average molecular weight is 536 g/mol. The average Bonchev–Trinajstić information content (AvgIpc) is 3.32. The smallest absolute Gasteiger partial charge is 0.226 e. The van der Waals surface area contributed by atoms with Gasteiger partial charge in [0.05, 0.1) is 32.3 Å². The Morgan fingerprint density at radius 1 is 1.29 bits per heavy atom. The number of anilines is 2. The van der Waals surface area contributed by atoms with E-state index < -0.39 is 0 Å². The topological polar surface area (TPSA) is 57.3 Å². The number of thiocarbonyl (C=S) groups is 1. The van der Waals surface area contributed by atoms with Crippen molar-refractivity contribution in [1.82, 2.24) is 10.3 Å². The number of hydrogen-bond acceptors (Lipinski definition) is 4. The minimum absolute atomic E-state index is 0.0791. The maximum atomic E-state index is 12.1. The molecule has 1 aliphatic heterocycles. The normalized spacial score (nSPS) is 18.4. The highest BCUT2D eigenvalue weighted by atomic mass is 79.9. The molecule has 0 saturated carbocycles. The van der Waals surface area contributed by atoms with Gasteiger partial charge in [0, 0.05) is 22.7 Å². The van der Waals surface area contributed by atoms with Crippen LogP contribution in [0.5, 0.6) is 0 Å². The van der Waals surface area contributed by atoms with Crippen molar-refractivity contribution in [3.05, 3.63) is 74.1 Å². The summed E-state index contributed by atoms with van der Waals surface area (Å²) in [6.45, 7) is 3.68. The van der Waals surface area contributed by atoms with Crippen molar-refractivity contribution in [3.8, 4) is 0 Å². The van der Waals surface area contributed by atoms with Gasteiger partial charge in [0.25, 0.3) is 0 Å². The molecule has 1 fully saturated rings. The molecule has 1 amide bonds. The minimum Gasteiger partial charge on any atom is -0.351 e. The van der Waals surface area contributed by atoms with Gasteiger partial charge < -0.3 is 15.5 Å². The van der Waals surface area contributed by atoms with Gasteiger partial charge in [0.1, 0.15) is 0 Å². The summed E-state index contributed by atoms with van der Waals surface area (Å²) in [5.74, 6) is -0.212. The highest BCUT2D eigenvalue weighted by molar-refractivity contribution is 9.11. The van der Waals surface area contributed by atoms with Crippen LogP contribution in [0.15, 0.2) is 58.5 Å². The zero-order chi connectivity index (χ0) is 22.1. The summed E-state index contributed by atoms with van der Waals surface area (Å²) in [7, 11) is 0. The molecule has 0 aliphatic carbocycles. The van der Waals surface area contributed by atoms with Crippen LogP contribution in [-0.2, 0) is 4.79 Å². The zero-order valence-corrected chi connectivity index (χ0v) is 20.8. The maximum Gasteiger partial charge on any atom is 0.226 e. The zero-order valence-electron chi connectivity index (χ0n) is 16.8. The molecule has 160 valence electrons. The van der Waals surface area contributed by atoms with Crippen molar-refractivity contribution in [2.24, 2.45) is 5.92 Å². The first-order valence-corrected chi connectivity index (χ1v) is 12.1. The molecule has 3 aromatic rings. The summed E-state index contributed by atoms with van der Waals surface area (Å²) >= 11 is 17.5. The Hall–Kier alpha value is -2.00. The van der Waals surface area contributed by atoms with E-state index in [1.54, 1.807) is 17.5 Å². The van der Waals surface area contributed by atoms with Gasteiger partial charge in [-0.1, -0.05) is 31.5 Å². The number of nitrogens with zero attached hydrogens (tertiary/aromatic N) is 2. The quantitative estimate of drug-likeness (QED) is 0.374. The van der Waals surface area contributed by atoms with E-state index in [-0.39, 0.29) is 23.9 Å². The van der Waals surface area contributed by atoms with E-state index in [1.807, 2.05) is 56.3 Å². The van der Waals surface area contributed by atoms with Crippen molar-refractivity contribution in [2.75, 3.05) is 10.2 Å². The fraction of sp³-hybridized carbons (Fsp3) is 0.227. The maximum absolute atomic E-state index is 12.1. The molecule has 4 rings (SSSR count). The Labute approximate surface area is 204 Å². The molecule has 9 heteroatoms. The van der Waals surface area contributed by atoms with E-state index in [9.17, 15) is 4.79 Å². The van der Waals surface area contributed by atoms with Crippen LogP contribution in [0.4, 0.5) is 11.4 Å². The van der Waals surface area contributed by atoms with Crippen LogP contribution < -0.4 is 15.5 Å². The third-order valence-electron chi connectivity index (χ3n) is 5.00. The lowest BCUT2D eigenvalue weighted by Gasteiger charge is -2.27. The molecular formula is C22H20BrClN4OS2. The number of thiophene rings is 1. The van der Waals surface area contributed by atoms with Crippen molar-refractivity contribution >= 4 is 73.5 Å². The summed E-state index contributed by atoms with van der Waals surface area (Å²) in [4.78, 5) is 19.8. The van der Waals surface area contributed by atoms with Gasteiger partial charge in [0.2, 0.25) is 5.91 Å². The number of rotatable bonds is 5. The van der Waals surface area contributed by atoms with Crippen LogP contribution in [0.3, 0.4) is 0 Å². The summed E-state index contributed by atoms with van der Waals surface area (Å²) < 4.78 is 1.05. The summed E-state index contributed by atoms with van der Waals surface area (Å²) in [5.41, 5.74) is 2.34. The second-order valence-electron chi connectivity index (χ2n) is 7.45. The van der Waals surface area contributed by atoms with Gasteiger partial charge in [-0.15, -0.1) is 11.3 Å². The van der Waals surface area contributed by atoms with Gasteiger partial charge in [-0.05, 0) is 70.6 Å². The molecule has 1 aliphatic rings.